The molecule has 4 nitrogen and oxygen atoms in total. The van der Waals surface area contributed by atoms with Crippen molar-refractivity contribution < 1.29 is 9.53 Å². The van der Waals surface area contributed by atoms with Gasteiger partial charge in [-0.1, -0.05) is 0 Å². The predicted molar refractivity (Wildman–Crippen MR) is 80.1 cm³/mol. The van der Waals surface area contributed by atoms with Gasteiger partial charge in [0, 0.05) is 30.3 Å². The van der Waals surface area contributed by atoms with Crippen molar-refractivity contribution in [2.24, 2.45) is 5.73 Å². The van der Waals surface area contributed by atoms with Crippen LogP contribution in [0.4, 0.5) is 0 Å². The summed E-state index contributed by atoms with van der Waals surface area (Å²) in [6, 6.07) is 5.95. The standard InChI is InChI=1S/C16H24N2O2/c1-3-20-16-7-6-13(12(2)19)9-14(16)10-18-8-4-5-15(17)11-18/h6-7,9,15H,3-5,8,10-11,17H2,1-2H3/t15-/m1/s1. The van der Waals surface area contributed by atoms with E-state index in [0.29, 0.717) is 6.61 Å². The van der Waals surface area contributed by atoms with Gasteiger partial charge in [0.25, 0.3) is 0 Å². The zero-order valence-electron chi connectivity index (χ0n) is 12.4. The van der Waals surface area contributed by atoms with Gasteiger partial charge in [-0.25, -0.2) is 0 Å². The average molecular weight is 276 g/mol. The fourth-order valence-electron chi connectivity index (χ4n) is 2.69. The van der Waals surface area contributed by atoms with Crippen LogP contribution in [0.3, 0.4) is 0 Å². The van der Waals surface area contributed by atoms with Crippen molar-refractivity contribution in [3.63, 3.8) is 0 Å². The maximum atomic E-state index is 11.5. The molecule has 0 amide bonds. The minimum absolute atomic E-state index is 0.0876. The molecule has 0 aromatic heterocycles. The first-order chi connectivity index (χ1) is 9.60. The fraction of sp³-hybridized carbons (Fsp3) is 0.562. The molecule has 0 radical (unpaired) electrons. The quantitative estimate of drug-likeness (QED) is 0.838. The predicted octanol–water partition coefficient (Wildman–Crippen LogP) is 2.21. The molecule has 1 aliphatic heterocycles. The molecule has 110 valence electrons. The topological polar surface area (TPSA) is 55.6 Å². The normalized spacial score (nSPS) is 19.9. The Morgan fingerprint density at radius 2 is 2.30 bits per heavy atom. The highest BCUT2D eigenvalue weighted by atomic mass is 16.5. The third kappa shape index (κ3) is 3.81. The minimum Gasteiger partial charge on any atom is -0.494 e. The fourth-order valence-corrected chi connectivity index (χ4v) is 2.69. The number of nitrogens with zero attached hydrogens (tertiary/aromatic N) is 1. The van der Waals surface area contributed by atoms with Gasteiger partial charge in [-0.2, -0.15) is 0 Å². The summed E-state index contributed by atoms with van der Waals surface area (Å²) >= 11 is 0. The van der Waals surface area contributed by atoms with Crippen LogP contribution in [0.15, 0.2) is 18.2 Å². The van der Waals surface area contributed by atoms with Gasteiger partial charge in [0.2, 0.25) is 0 Å². The molecule has 2 rings (SSSR count). The van der Waals surface area contributed by atoms with Crippen molar-refractivity contribution in [1.29, 1.82) is 0 Å². The van der Waals surface area contributed by atoms with E-state index in [1.54, 1.807) is 6.92 Å². The van der Waals surface area contributed by atoms with E-state index < -0.39 is 0 Å². The van der Waals surface area contributed by atoms with E-state index in [0.717, 1.165) is 49.4 Å². The van der Waals surface area contributed by atoms with E-state index in [1.165, 1.54) is 0 Å². The Kier molecular flexibility index (Phi) is 5.15. The van der Waals surface area contributed by atoms with Crippen LogP contribution in [0.5, 0.6) is 5.75 Å². The molecule has 20 heavy (non-hydrogen) atoms. The molecular formula is C16H24N2O2. The number of likely N-dealkylation sites (tertiary alicyclic amines) is 1. The van der Waals surface area contributed by atoms with Crippen molar-refractivity contribution in [2.75, 3.05) is 19.7 Å². The molecule has 1 atom stereocenters. The third-order valence-corrected chi connectivity index (χ3v) is 3.70. The average Bonchev–Trinajstić information content (AvgIpc) is 2.41. The summed E-state index contributed by atoms with van der Waals surface area (Å²) in [5, 5.41) is 0. The first-order valence-electron chi connectivity index (χ1n) is 7.34. The molecule has 1 saturated heterocycles. The number of ketones is 1. The number of benzene rings is 1. The summed E-state index contributed by atoms with van der Waals surface area (Å²) in [5.74, 6) is 0.960. The van der Waals surface area contributed by atoms with E-state index in [2.05, 4.69) is 4.90 Å². The van der Waals surface area contributed by atoms with Gasteiger partial charge in [-0.05, 0) is 51.4 Å². The number of hydrogen-bond donors (Lipinski definition) is 1. The van der Waals surface area contributed by atoms with E-state index in [9.17, 15) is 4.79 Å². The van der Waals surface area contributed by atoms with Gasteiger partial charge in [0.05, 0.1) is 6.61 Å². The van der Waals surface area contributed by atoms with Crippen LogP contribution in [0, 0.1) is 0 Å². The van der Waals surface area contributed by atoms with Crippen molar-refractivity contribution in [2.45, 2.75) is 39.3 Å². The van der Waals surface area contributed by atoms with Crippen LogP contribution in [-0.4, -0.2) is 36.4 Å². The van der Waals surface area contributed by atoms with Gasteiger partial charge >= 0.3 is 0 Å². The number of ether oxygens (including phenoxy) is 1. The molecule has 0 spiro atoms. The lowest BCUT2D eigenvalue weighted by Crippen LogP contribution is -2.42. The first-order valence-corrected chi connectivity index (χ1v) is 7.34. The van der Waals surface area contributed by atoms with E-state index in [4.69, 9.17) is 10.5 Å². The van der Waals surface area contributed by atoms with Gasteiger partial charge in [0.1, 0.15) is 5.75 Å². The number of hydrogen-bond acceptors (Lipinski definition) is 4. The zero-order valence-corrected chi connectivity index (χ0v) is 12.4. The lowest BCUT2D eigenvalue weighted by Gasteiger charge is -2.31. The van der Waals surface area contributed by atoms with Crippen molar-refractivity contribution in [3.8, 4) is 5.75 Å². The van der Waals surface area contributed by atoms with Crippen LogP contribution in [-0.2, 0) is 6.54 Å². The number of Topliss-reactive ketones (excluding diaryl/α,β-unsaturated/α-hetero) is 1. The van der Waals surface area contributed by atoms with E-state index in [1.807, 2.05) is 25.1 Å². The molecule has 0 bridgehead atoms. The number of carbonyl (C=O) groups excluding carboxylic acids is 1. The number of rotatable bonds is 5. The van der Waals surface area contributed by atoms with E-state index in [-0.39, 0.29) is 11.8 Å². The summed E-state index contributed by atoms with van der Waals surface area (Å²) in [6.45, 7) is 6.96. The number of nitrogens with two attached hydrogens (primary N) is 1. The molecule has 1 aromatic carbocycles. The van der Waals surface area contributed by atoms with E-state index >= 15 is 0 Å². The van der Waals surface area contributed by atoms with Crippen LogP contribution in [0.2, 0.25) is 0 Å². The largest absolute Gasteiger partial charge is 0.494 e. The van der Waals surface area contributed by atoms with Gasteiger partial charge in [0.15, 0.2) is 5.78 Å². The lowest BCUT2D eigenvalue weighted by molar-refractivity contribution is 0.101. The molecule has 2 N–H and O–H groups in total. The smallest absolute Gasteiger partial charge is 0.159 e. The van der Waals surface area contributed by atoms with Gasteiger partial charge in [-0.15, -0.1) is 0 Å². The molecule has 1 aromatic rings. The van der Waals surface area contributed by atoms with Crippen molar-refractivity contribution in [1.82, 2.24) is 4.90 Å². The molecule has 0 saturated carbocycles. The second-order valence-electron chi connectivity index (χ2n) is 5.45. The molecular weight excluding hydrogens is 252 g/mol. The second kappa shape index (κ2) is 6.86. The Hall–Kier alpha value is -1.39. The second-order valence-corrected chi connectivity index (χ2v) is 5.45. The summed E-state index contributed by atoms with van der Waals surface area (Å²) in [4.78, 5) is 13.9. The maximum Gasteiger partial charge on any atom is 0.159 e. The van der Waals surface area contributed by atoms with Gasteiger partial charge < -0.3 is 10.5 Å². The van der Waals surface area contributed by atoms with Crippen LogP contribution in [0.25, 0.3) is 0 Å². The highest BCUT2D eigenvalue weighted by Gasteiger charge is 2.18. The maximum absolute atomic E-state index is 11.5. The van der Waals surface area contributed by atoms with Crippen LogP contribution < -0.4 is 10.5 Å². The Balaban J connectivity index is 2.18. The molecule has 0 unspecified atom stereocenters. The van der Waals surface area contributed by atoms with Crippen molar-refractivity contribution >= 4 is 5.78 Å². The zero-order chi connectivity index (χ0) is 14.5. The Labute approximate surface area is 120 Å². The summed E-state index contributed by atoms with van der Waals surface area (Å²) < 4.78 is 5.67. The highest BCUT2D eigenvalue weighted by molar-refractivity contribution is 5.94. The monoisotopic (exact) mass is 276 g/mol. The summed E-state index contributed by atoms with van der Waals surface area (Å²) in [5.41, 5.74) is 7.84. The Morgan fingerprint density at radius 1 is 1.50 bits per heavy atom. The van der Waals surface area contributed by atoms with Crippen LogP contribution in [0.1, 0.15) is 42.6 Å². The lowest BCUT2D eigenvalue weighted by atomic mass is 10.0. The molecule has 1 aliphatic rings. The third-order valence-electron chi connectivity index (χ3n) is 3.70. The molecule has 4 heteroatoms. The number of carbonyl (C=O) groups is 1. The first kappa shape index (κ1) is 15.0. The molecule has 0 aliphatic carbocycles. The van der Waals surface area contributed by atoms with Crippen LogP contribution >= 0.6 is 0 Å². The SMILES string of the molecule is CCOc1ccc(C(C)=O)cc1CN1CCC[C@@H](N)C1. The number of piperidine rings is 1. The van der Waals surface area contributed by atoms with Gasteiger partial charge in [-0.3, -0.25) is 9.69 Å². The Bertz CT molecular complexity index is 474. The molecule has 1 fully saturated rings. The molecule has 1 heterocycles. The van der Waals surface area contributed by atoms with Crippen molar-refractivity contribution in [3.05, 3.63) is 29.3 Å². The summed E-state index contributed by atoms with van der Waals surface area (Å²) in [7, 11) is 0. The Morgan fingerprint density at radius 3 is 2.95 bits per heavy atom. The highest BCUT2D eigenvalue weighted by Crippen LogP contribution is 2.23. The minimum atomic E-state index is 0.0876. The summed E-state index contributed by atoms with van der Waals surface area (Å²) in [6.07, 6.45) is 2.24.